The lowest BCUT2D eigenvalue weighted by molar-refractivity contribution is 0.164. The molecule has 2 unspecified atom stereocenters. The van der Waals surface area contributed by atoms with Crippen molar-refractivity contribution in [2.24, 2.45) is 11.8 Å². The Morgan fingerprint density at radius 2 is 1.53 bits per heavy atom. The van der Waals surface area contributed by atoms with Crippen LogP contribution in [-0.4, -0.2) is 37.1 Å². The van der Waals surface area contributed by atoms with Crippen LogP contribution in [0.15, 0.2) is 0 Å². The van der Waals surface area contributed by atoms with Crippen LogP contribution in [0.2, 0.25) is 0 Å². The average Bonchev–Trinajstić information content (AvgIpc) is 3.08. The van der Waals surface area contributed by atoms with Crippen LogP contribution < -0.4 is 5.32 Å². The van der Waals surface area contributed by atoms with Crippen LogP contribution in [0.5, 0.6) is 0 Å². The zero-order chi connectivity index (χ0) is 10.8. The second-order valence-electron chi connectivity index (χ2n) is 5.66. The molecule has 1 N–H and O–H groups in total. The van der Waals surface area contributed by atoms with Gasteiger partial charge in [-0.25, -0.2) is 0 Å². The Hall–Kier alpha value is -0.0800. The molecule has 0 amide bonds. The maximum atomic E-state index is 3.39. The first-order valence-corrected chi connectivity index (χ1v) is 6.62. The van der Waals surface area contributed by atoms with Gasteiger partial charge in [-0.15, -0.1) is 0 Å². The lowest BCUT2D eigenvalue weighted by Gasteiger charge is -2.33. The molecule has 0 heterocycles. The van der Waals surface area contributed by atoms with Crippen molar-refractivity contribution in [2.75, 3.05) is 20.1 Å². The van der Waals surface area contributed by atoms with Crippen LogP contribution in [0.1, 0.15) is 39.5 Å². The smallest absolute Gasteiger partial charge is 0.0218 e. The van der Waals surface area contributed by atoms with Gasteiger partial charge in [-0.2, -0.15) is 0 Å². The van der Waals surface area contributed by atoms with E-state index in [2.05, 4.69) is 31.1 Å². The largest absolute Gasteiger partial charge is 0.316 e. The molecule has 0 spiro atoms. The van der Waals surface area contributed by atoms with Crippen molar-refractivity contribution >= 4 is 0 Å². The van der Waals surface area contributed by atoms with Crippen molar-refractivity contribution in [3.8, 4) is 0 Å². The van der Waals surface area contributed by atoms with E-state index in [1.54, 1.807) is 0 Å². The predicted octanol–water partition coefficient (Wildman–Crippen LogP) is 2.10. The number of hydrogen-bond donors (Lipinski definition) is 1. The maximum absolute atomic E-state index is 3.39. The Balaban J connectivity index is 1.82. The van der Waals surface area contributed by atoms with Gasteiger partial charge < -0.3 is 5.32 Å². The third kappa shape index (κ3) is 3.46. The molecule has 2 heteroatoms. The Morgan fingerprint density at radius 3 is 1.87 bits per heavy atom. The average molecular weight is 210 g/mol. The highest BCUT2D eigenvalue weighted by Gasteiger charge is 2.32. The summed E-state index contributed by atoms with van der Waals surface area (Å²) in [5.74, 6) is 2.05. The fourth-order valence-electron chi connectivity index (χ4n) is 2.23. The normalized spacial score (nSPS) is 25.6. The standard InChI is InChI=1S/C13H26N2/c1-10(14-3)11(2)15(8-12-4-5-12)9-13-6-7-13/h10-14H,4-9H2,1-3H3. The van der Waals surface area contributed by atoms with Crippen molar-refractivity contribution in [3.63, 3.8) is 0 Å². The number of nitrogens with one attached hydrogen (secondary N) is 1. The van der Waals surface area contributed by atoms with E-state index in [-0.39, 0.29) is 0 Å². The van der Waals surface area contributed by atoms with Crippen molar-refractivity contribution in [1.29, 1.82) is 0 Å². The number of hydrogen-bond acceptors (Lipinski definition) is 2. The van der Waals surface area contributed by atoms with Crippen LogP contribution in [0.3, 0.4) is 0 Å². The molecule has 0 aromatic heterocycles. The van der Waals surface area contributed by atoms with Crippen LogP contribution in [0.25, 0.3) is 0 Å². The second kappa shape index (κ2) is 4.84. The summed E-state index contributed by atoms with van der Waals surface area (Å²) in [6.07, 6.45) is 5.90. The van der Waals surface area contributed by atoms with E-state index in [9.17, 15) is 0 Å². The first-order chi connectivity index (χ1) is 7.20. The molecule has 0 radical (unpaired) electrons. The fraction of sp³-hybridized carbons (Fsp3) is 1.00. The minimum absolute atomic E-state index is 0.613. The zero-order valence-electron chi connectivity index (χ0n) is 10.5. The summed E-state index contributed by atoms with van der Waals surface area (Å²) in [7, 11) is 2.08. The molecule has 2 nitrogen and oxygen atoms in total. The summed E-state index contributed by atoms with van der Waals surface area (Å²) in [6, 6.07) is 1.30. The Labute approximate surface area is 94.4 Å². The van der Waals surface area contributed by atoms with Gasteiger partial charge in [0.25, 0.3) is 0 Å². The van der Waals surface area contributed by atoms with E-state index in [4.69, 9.17) is 0 Å². The fourth-order valence-corrected chi connectivity index (χ4v) is 2.23. The molecule has 0 aromatic rings. The molecule has 0 saturated heterocycles. The molecular formula is C13H26N2. The van der Waals surface area contributed by atoms with E-state index >= 15 is 0 Å². The van der Waals surface area contributed by atoms with Gasteiger partial charge in [-0.1, -0.05) is 0 Å². The molecule has 88 valence electrons. The number of likely N-dealkylation sites (N-methyl/N-ethyl adjacent to an activating group) is 1. The predicted molar refractivity (Wildman–Crippen MR) is 65.0 cm³/mol. The van der Waals surface area contributed by atoms with Crippen LogP contribution in [0.4, 0.5) is 0 Å². The Morgan fingerprint density at radius 1 is 1.07 bits per heavy atom. The summed E-state index contributed by atoms with van der Waals surface area (Å²) >= 11 is 0. The molecule has 2 saturated carbocycles. The lowest BCUT2D eigenvalue weighted by Crippen LogP contribution is -2.47. The van der Waals surface area contributed by atoms with Crippen molar-refractivity contribution in [3.05, 3.63) is 0 Å². The highest BCUT2D eigenvalue weighted by molar-refractivity contribution is 4.87. The summed E-state index contributed by atoms with van der Waals surface area (Å²) in [5.41, 5.74) is 0. The van der Waals surface area contributed by atoms with Gasteiger partial charge >= 0.3 is 0 Å². The molecule has 2 fully saturated rings. The first kappa shape index (κ1) is 11.4. The monoisotopic (exact) mass is 210 g/mol. The topological polar surface area (TPSA) is 15.3 Å². The van der Waals surface area contributed by atoms with Gasteiger partial charge in [0, 0.05) is 25.2 Å². The summed E-state index contributed by atoms with van der Waals surface area (Å²) in [4.78, 5) is 2.73. The molecule has 0 aliphatic heterocycles. The second-order valence-corrected chi connectivity index (χ2v) is 5.66. The van der Waals surface area contributed by atoms with Crippen LogP contribution >= 0.6 is 0 Å². The Kier molecular flexibility index (Phi) is 3.68. The first-order valence-electron chi connectivity index (χ1n) is 6.62. The molecule has 2 aliphatic rings. The zero-order valence-corrected chi connectivity index (χ0v) is 10.5. The van der Waals surface area contributed by atoms with Gasteiger partial charge in [0.15, 0.2) is 0 Å². The molecule has 15 heavy (non-hydrogen) atoms. The quantitative estimate of drug-likeness (QED) is 0.692. The van der Waals surface area contributed by atoms with Crippen molar-refractivity contribution in [1.82, 2.24) is 10.2 Å². The van der Waals surface area contributed by atoms with Gasteiger partial charge in [0.05, 0.1) is 0 Å². The summed E-state index contributed by atoms with van der Waals surface area (Å²) in [6.45, 7) is 7.39. The van der Waals surface area contributed by atoms with Crippen molar-refractivity contribution in [2.45, 2.75) is 51.6 Å². The van der Waals surface area contributed by atoms with Crippen molar-refractivity contribution < 1.29 is 0 Å². The molecule has 2 atom stereocenters. The lowest BCUT2D eigenvalue weighted by atomic mass is 10.1. The van der Waals surface area contributed by atoms with Gasteiger partial charge in [-0.05, 0) is 58.4 Å². The van der Waals surface area contributed by atoms with Crippen LogP contribution in [0, 0.1) is 11.8 Å². The third-order valence-electron chi connectivity index (χ3n) is 4.13. The molecule has 0 aromatic carbocycles. The van der Waals surface area contributed by atoms with E-state index in [0.29, 0.717) is 12.1 Å². The van der Waals surface area contributed by atoms with E-state index < -0.39 is 0 Å². The summed E-state index contributed by atoms with van der Waals surface area (Å²) < 4.78 is 0. The highest BCUT2D eigenvalue weighted by Crippen LogP contribution is 2.34. The minimum Gasteiger partial charge on any atom is -0.316 e. The summed E-state index contributed by atoms with van der Waals surface area (Å²) in [5, 5.41) is 3.39. The molecule has 2 aliphatic carbocycles. The van der Waals surface area contributed by atoms with Gasteiger partial charge in [0.1, 0.15) is 0 Å². The number of nitrogens with zero attached hydrogens (tertiary/aromatic N) is 1. The van der Waals surface area contributed by atoms with E-state index in [1.807, 2.05) is 0 Å². The van der Waals surface area contributed by atoms with E-state index in [0.717, 1.165) is 11.8 Å². The SMILES string of the molecule is CNC(C)C(C)N(CC1CC1)CC1CC1. The Bertz CT molecular complexity index is 183. The number of rotatable bonds is 7. The third-order valence-corrected chi connectivity index (χ3v) is 4.13. The molecule has 2 rings (SSSR count). The minimum atomic E-state index is 0.613. The van der Waals surface area contributed by atoms with Gasteiger partial charge in [0.2, 0.25) is 0 Å². The van der Waals surface area contributed by atoms with Crippen LogP contribution in [-0.2, 0) is 0 Å². The van der Waals surface area contributed by atoms with Gasteiger partial charge in [-0.3, -0.25) is 4.90 Å². The van der Waals surface area contributed by atoms with E-state index in [1.165, 1.54) is 38.8 Å². The maximum Gasteiger partial charge on any atom is 0.0218 e. The molecule has 0 bridgehead atoms. The highest BCUT2D eigenvalue weighted by atomic mass is 15.2. The molecular weight excluding hydrogens is 184 g/mol.